The number of hydrogen-bond acceptors (Lipinski definition) is 3. The zero-order chi connectivity index (χ0) is 13.8. The van der Waals surface area contributed by atoms with Crippen LogP contribution < -0.4 is 4.90 Å². The number of piperazine rings is 1. The van der Waals surface area contributed by atoms with Crippen molar-refractivity contribution in [3.8, 4) is 0 Å². The third-order valence-corrected chi connectivity index (χ3v) is 3.69. The average molecular weight is 262 g/mol. The summed E-state index contributed by atoms with van der Waals surface area (Å²) < 4.78 is 0. The monoisotopic (exact) mass is 262 g/mol. The molecule has 1 aromatic carbocycles. The lowest BCUT2D eigenvalue weighted by Crippen LogP contribution is -2.49. The molecule has 1 N–H and O–H groups in total. The van der Waals surface area contributed by atoms with Gasteiger partial charge in [-0.15, -0.1) is 0 Å². The highest BCUT2D eigenvalue weighted by Crippen LogP contribution is 2.21. The van der Waals surface area contributed by atoms with Crippen molar-refractivity contribution in [3.63, 3.8) is 0 Å². The summed E-state index contributed by atoms with van der Waals surface area (Å²) in [5.74, 6) is 0.378. The second-order valence-corrected chi connectivity index (χ2v) is 5.27. The van der Waals surface area contributed by atoms with Crippen molar-refractivity contribution in [2.75, 3.05) is 37.7 Å². The largest absolute Gasteiger partial charge is 0.387 e. The molecule has 1 heterocycles. The van der Waals surface area contributed by atoms with Gasteiger partial charge in [-0.05, 0) is 23.6 Å². The Labute approximate surface area is 114 Å². The smallest absolute Gasteiger partial charge is 0.248 e. The van der Waals surface area contributed by atoms with Crippen molar-refractivity contribution in [1.29, 1.82) is 0 Å². The number of aliphatic hydroxyl groups excluding tert-OH is 1. The summed E-state index contributed by atoms with van der Waals surface area (Å²) in [4.78, 5) is 15.4. The molecule has 19 heavy (non-hydrogen) atoms. The standard InChI is InChI=1S/C15H22N2O2/c1-12(2)13-3-5-14(6-4-13)16-7-9-17(10-8-16)15(19)11-18/h3-6,12,18H,7-11H2,1-2H3. The summed E-state index contributed by atoms with van der Waals surface area (Å²) in [7, 11) is 0. The van der Waals surface area contributed by atoms with E-state index in [9.17, 15) is 4.79 Å². The Bertz CT molecular complexity index is 420. The Hall–Kier alpha value is -1.55. The van der Waals surface area contributed by atoms with E-state index in [1.165, 1.54) is 11.3 Å². The molecular formula is C15H22N2O2. The molecule has 0 aliphatic carbocycles. The van der Waals surface area contributed by atoms with Gasteiger partial charge in [0, 0.05) is 31.9 Å². The van der Waals surface area contributed by atoms with E-state index in [1.54, 1.807) is 4.90 Å². The Morgan fingerprint density at radius 1 is 1.16 bits per heavy atom. The Kier molecular flexibility index (Phi) is 4.43. The van der Waals surface area contributed by atoms with Crippen molar-refractivity contribution in [2.24, 2.45) is 0 Å². The molecular weight excluding hydrogens is 240 g/mol. The number of carbonyl (C=O) groups excluding carboxylic acids is 1. The number of amides is 1. The fourth-order valence-electron chi connectivity index (χ4n) is 2.38. The second-order valence-electron chi connectivity index (χ2n) is 5.27. The number of hydrogen-bond donors (Lipinski definition) is 1. The quantitative estimate of drug-likeness (QED) is 0.896. The lowest BCUT2D eigenvalue weighted by Gasteiger charge is -2.36. The Balaban J connectivity index is 1.96. The zero-order valence-corrected chi connectivity index (χ0v) is 11.7. The third-order valence-electron chi connectivity index (χ3n) is 3.69. The van der Waals surface area contributed by atoms with Crippen LogP contribution in [0.25, 0.3) is 0 Å². The molecule has 1 aromatic rings. The van der Waals surface area contributed by atoms with Gasteiger partial charge in [0.2, 0.25) is 5.91 Å². The SMILES string of the molecule is CC(C)c1ccc(N2CCN(C(=O)CO)CC2)cc1. The van der Waals surface area contributed by atoms with E-state index in [1.807, 2.05) is 0 Å². The van der Waals surface area contributed by atoms with Crippen molar-refractivity contribution in [3.05, 3.63) is 29.8 Å². The Morgan fingerprint density at radius 3 is 2.21 bits per heavy atom. The molecule has 4 nitrogen and oxygen atoms in total. The fourth-order valence-corrected chi connectivity index (χ4v) is 2.38. The predicted octanol–water partition coefficient (Wildman–Crippen LogP) is 1.45. The van der Waals surface area contributed by atoms with Crippen LogP contribution in [-0.4, -0.2) is 48.7 Å². The molecule has 1 fully saturated rings. The number of nitrogens with zero attached hydrogens (tertiary/aromatic N) is 2. The van der Waals surface area contributed by atoms with E-state index in [-0.39, 0.29) is 12.5 Å². The van der Waals surface area contributed by atoms with Crippen LogP contribution in [-0.2, 0) is 4.79 Å². The number of rotatable bonds is 3. The topological polar surface area (TPSA) is 43.8 Å². The molecule has 4 heteroatoms. The minimum absolute atomic E-state index is 0.171. The number of carbonyl (C=O) groups is 1. The minimum atomic E-state index is -0.386. The molecule has 0 atom stereocenters. The van der Waals surface area contributed by atoms with Gasteiger partial charge in [0.25, 0.3) is 0 Å². The van der Waals surface area contributed by atoms with Crippen LogP contribution in [0.4, 0.5) is 5.69 Å². The van der Waals surface area contributed by atoms with Gasteiger partial charge in [0.15, 0.2) is 0 Å². The summed E-state index contributed by atoms with van der Waals surface area (Å²) in [5, 5.41) is 8.85. The Morgan fingerprint density at radius 2 is 1.74 bits per heavy atom. The van der Waals surface area contributed by atoms with E-state index in [2.05, 4.69) is 43.0 Å². The summed E-state index contributed by atoms with van der Waals surface area (Å²) in [5.41, 5.74) is 2.55. The normalized spacial score (nSPS) is 16.0. The molecule has 1 amide bonds. The van der Waals surface area contributed by atoms with Crippen molar-refractivity contribution < 1.29 is 9.90 Å². The van der Waals surface area contributed by atoms with E-state index < -0.39 is 0 Å². The molecule has 1 aliphatic heterocycles. The molecule has 0 aromatic heterocycles. The second kappa shape index (κ2) is 6.06. The van der Waals surface area contributed by atoms with Crippen LogP contribution >= 0.6 is 0 Å². The molecule has 0 radical (unpaired) electrons. The summed E-state index contributed by atoms with van der Waals surface area (Å²) in [6.07, 6.45) is 0. The summed E-state index contributed by atoms with van der Waals surface area (Å²) in [6.45, 7) is 7.02. The molecule has 0 saturated carbocycles. The summed E-state index contributed by atoms with van der Waals surface area (Å²) >= 11 is 0. The molecule has 1 aliphatic rings. The molecule has 2 rings (SSSR count). The first-order valence-corrected chi connectivity index (χ1v) is 6.85. The lowest BCUT2D eigenvalue weighted by molar-refractivity contribution is -0.134. The highest BCUT2D eigenvalue weighted by molar-refractivity contribution is 5.77. The van der Waals surface area contributed by atoms with Gasteiger partial charge >= 0.3 is 0 Å². The van der Waals surface area contributed by atoms with Gasteiger partial charge in [0.1, 0.15) is 6.61 Å². The van der Waals surface area contributed by atoms with Gasteiger partial charge in [-0.1, -0.05) is 26.0 Å². The van der Waals surface area contributed by atoms with Crippen LogP contribution in [0.3, 0.4) is 0 Å². The lowest BCUT2D eigenvalue weighted by atomic mass is 10.0. The summed E-state index contributed by atoms with van der Waals surface area (Å²) in [6, 6.07) is 8.65. The number of aliphatic hydroxyl groups is 1. The first-order valence-electron chi connectivity index (χ1n) is 6.85. The molecule has 0 spiro atoms. The highest BCUT2D eigenvalue weighted by Gasteiger charge is 2.20. The maximum Gasteiger partial charge on any atom is 0.248 e. The maximum absolute atomic E-state index is 11.4. The van der Waals surface area contributed by atoms with E-state index in [0.29, 0.717) is 19.0 Å². The first kappa shape index (κ1) is 13.9. The van der Waals surface area contributed by atoms with Crippen LogP contribution in [0.1, 0.15) is 25.3 Å². The van der Waals surface area contributed by atoms with Crippen LogP contribution in [0, 0.1) is 0 Å². The van der Waals surface area contributed by atoms with Gasteiger partial charge in [-0.25, -0.2) is 0 Å². The van der Waals surface area contributed by atoms with Gasteiger partial charge in [0.05, 0.1) is 0 Å². The van der Waals surface area contributed by atoms with E-state index in [0.717, 1.165) is 13.1 Å². The maximum atomic E-state index is 11.4. The molecule has 104 valence electrons. The molecule has 1 saturated heterocycles. The van der Waals surface area contributed by atoms with Crippen molar-refractivity contribution in [1.82, 2.24) is 4.90 Å². The predicted molar refractivity (Wildman–Crippen MR) is 76.4 cm³/mol. The van der Waals surface area contributed by atoms with E-state index in [4.69, 9.17) is 5.11 Å². The third kappa shape index (κ3) is 3.26. The van der Waals surface area contributed by atoms with Gasteiger partial charge in [-0.3, -0.25) is 4.79 Å². The van der Waals surface area contributed by atoms with Crippen LogP contribution in [0.15, 0.2) is 24.3 Å². The first-order chi connectivity index (χ1) is 9.11. The van der Waals surface area contributed by atoms with Crippen molar-refractivity contribution in [2.45, 2.75) is 19.8 Å². The van der Waals surface area contributed by atoms with Crippen LogP contribution in [0.2, 0.25) is 0 Å². The zero-order valence-electron chi connectivity index (χ0n) is 11.7. The highest BCUT2D eigenvalue weighted by atomic mass is 16.3. The fraction of sp³-hybridized carbons (Fsp3) is 0.533. The molecule has 0 bridgehead atoms. The molecule has 0 unspecified atom stereocenters. The minimum Gasteiger partial charge on any atom is -0.387 e. The van der Waals surface area contributed by atoms with Gasteiger partial charge in [-0.2, -0.15) is 0 Å². The van der Waals surface area contributed by atoms with E-state index >= 15 is 0 Å². The number of anilines is 1. The number of benzene rings is 1. The van der Waals surface area contributed by atoms with Crippen molar-refractivity contribution >= 4 is 11.6 Å². The van der Waals surface area contributed by atoms with Crippen LogP contribution in [0.5, 0.6) is 0 Å². The van der Waals surface area contributed by atoms with Gasteiger partial charge < -0.3 is 14.9 Å². The average Bonchev–Trinajstić information content (AvgIpc) is 2.46.